The molecular formula is C13H19BrN2O. The summed E-state index contributed by atoms with van der Waals surface area (Å²) in [5.74, 6) is 0.989. The quantitative estimate of drug-likeness (QED) is 0.919. The van der Waals surface area contributed by atoms with Crippen LogP contribution in [0.4, 0.5) is 0 Å². The van der Waals surface area contributed by atoms with Crippen molar-refractivity contribution in [1.29, 1.82) is 0 Å². The van der Waals surface area contributed by atoms with Crippen LogP contribution in [0.1, 0.15) is 5.56 Å². The largest absolute Gasteiger partial charge is 0.496 e. The van der Waals surface area contributed by atoms with Crippen molar-refractivity contribution in [3.8, 4) is 5.75 Å². The number of hydrogen-bond acceptors (Lipinski definition) is 3. The number of nitrogens with zero attached hydrogens (tertiary/aromatic N) is 1. The minimum atomic E-state index is 0.989. The summed E-state index contributed by atoms with van der Waals surface area (Å²) < 4.78 is 6.51. The van der Waals surface area contributed by atoms with E-state index in [9.17, 15) is 0 Å². The van der Waals surface area contributed by atoms with Crippen LogP contribution in [0, 0.1) is 0 Å². The molecule has 0 aromatic heterocycles. The van der Waals surface area contributed by atoms with Crippen molar-refractivity contribution < 1.29 is 4.74 Å². The molecule has 0 amide bonds. The van der Waals surface area contributed by atoms with Crippen LogP contribution in [0.2, 0.25) is 0 Å². The second-order valence-corrected chi connectivity index (χ2v) is 5.21. The summed E-state index contributed by atoms with van der Waals surface area (Å²) in [4.78, 5) is 2.50. The number of ether oxygens (including phenoxy) is 1. The molecule has 0 aliphatic carbocycles. The highest BCUT2D eigenvalue weighted by Crippen LogP contribution is 2.23. The Hall–Kier alpha value is -0.580. The molecule has 1 fully saturated rings. The van der Waals surface area contributed by atoms with Crippen LogP contribution >= 0.6 is 15.9 Å². The molecule has 1 heterocycles. The molecule has 1 aromatic carbocycles. The summed E-state index contributed by atoms with van der Waals surface area (Å²) in [6.45, 7) is 5.62. The highest BCUT2D eigenvalue weighted by atomic mass is 79.9. The number of halogens is 1. The van der Waals surface area contributed by atoms with E-state index in [-0.39, 0.29) is 0 Å². The fraction of sp³-hybridized carbons (Fsp3) is 0.538. The van der Waals surface area contributed by atoms with Crippen LogP contribution in [-0.2, 0) is 6.42 Å². The van der Waals surface area contributed by atoms with Crippen molar-refractivity contribution >= 4 is 15.9 Å². The Labute approximate surface area is 111 Å². The van der Waals surface area contributed by atoms with Gasteiger partial charge in [-0.1, -0.05) is 15.9 Å². The van der Waals surface area contributed by atoms with Gasteiger partial charge in [0.15, 0.2) is 0 Å². The number of nitrogens with one attached hydrogen (secondary N) is 1. The third kappa shape index (κ3) is 3.69. The Kier molecular flexibility index (Phi) is 4.83. The minimum absolute atomic E-state index is 0.989. The lowest BCUT2D eigenvalue weighted by atomic mass is 10.1. The van der Waals surface area contributed by atoms with E-state index in [0.29, 0.717) is 0 Å². The zero-order valence-electron chi connectivity index (χ0n) is 10.2. The molecule has 2 rings (SSSR count). The Morgan fingerprint density at radius 2 is 2.12 bits per heavy atom. The second-order valence-electron chi connectivity index (χ2n) is 4.30. The van der Waals surface area contributed by atoms with Crippen molar-refractivity contribution in [2.24, 2.45) is 0 Å². The van der Waals surface area contributed by atoms with Gasteiger partial charge in [0.05, 0.1) is 7.11 Å². The fourth-order valence-electron chi connectivity index (χ4n) is 2.16. The van der Waals surface area contributed by atoms with E-state index in [4.69, 9.17) is 4.74 Å². The molecule has 94 valence electrons. The van der Waals surface area contributed by atoms with Gasteiger partial charge in [0.25, 0.3) is 0 Å². The maximum atomic E-state index is 5.39. The number of hydrogen-bond donors (Lipinski definition) is 1. The Morgan fingerprint density at radius 3 is 2.82 bits per heavy atom. The molecule has 1 saturated heterocycles. The number of rotatable bonds is 4. The minimum Gasteiger partial charge on any atom is -0.496 e. The van der Waals surface area contributed by atoms with Gasteiger partial charge in [-0.15, -0.1) is 0 Å². The molecule has 3 nitrogen and oxygen atoms in total. The predicted molar refractivity (Wildman–Crippen MR) is 73.7 cm³/mol. The van der Waals surface area contributed by atoms with Gasteiger partial charge in [-0.3, -0.25) is 0 Å². The summed E-state index contributed by atoms with van der Waals surface area (Å²) in [5, 5.41) is 3.37. The average Bonchev–Trinajstić information content (AvgIpc) is 2.38. The van der Waals surface area contributed by atoms with Crippen LogP contribution in [0.3, 0.4) is 0 Å². The van der Waals surface area contributed by atoms with Gasteiger partial charge in [-0.25, -0.2) is 0 Å². The fourth-order valence-corrected chi connectivity index (χ4v) is 2.56. The smallest absolute Gasteiger partial charge is 0.122 e. The molecular weight excluding hydrogens is 280 g/mol. The molecule has 0 bridgehead atoms. The summed E-state index contributed by atoms with van der Waals surface area (Å²) >= 11 is 3.51. The van der Waals surface area contributed by atoms with E-state index in [1.165, 1.54) is 5.56 Å². The maximum Gasteiger partial charge on any atom is 0.122 e. The van der Waals surface area contributed by atoms with Gasteiger partial charge >= 0.3 is 0 Å². The van der Waals surface area contributed by atoms with Crippen LogP contribution in [0.5, 0.6) is 5.75 Å². The van der Waals surface area contributed by atoms with Gasteiger partial charge in [0.2, 0.25) is 0 Å². The SMILES string of the molecule is COc1ccc(Br)cc1CCN1CCNCC1. The van der Waals surface area contributed by atoms with Crippen LogP contribution in [-0.4, -0.2) is 44.7 Å². The van der Waals surface area contributed by atoms with Gasteiger partial charge in [-0.2, -0.15) is 0 Å². The first kappa shape index (κ1) is 12.9. The van der Waals surface area contributed by atoms with Gasteiger partial charge in [0.1, 0.15) is 5.75 Å². The molecule has 1 aliphatic rings. The Balaban J connectivity index is 1.95. The Morgan fingerprint density at radius 1 is 1.35 bits per heavy atom. The standard InChI is InChI=1S/C13H19BrN2O/c1-17-13-3-2-12(14)10-11(13)4-7-16-8-5-15-6-9-16/h2-3,10,15H,4-9H2,1H3. The predicted octanol–water partition coefficient (Wildman–Crippen LogP) is 1.91. The summed E-state index contributed by atoms with van der Waals surface area (Å²) in [7, 11) is 1.73. The van der Waals surface area contributed by atoms with E-state index in [0.717, 1.165) is 49.4 Å². The zero-order valence-corrected chi connectivity index (χ0v) is 11.8. The van der Waals surface area contributed by atoms with E-state index < -0.39 is 0 Å². The molecule has 1 aliphatic heterocycles. The van der Waals surface area contributed by atoms with Crippen LogP contribution in [0.25, 0.3) is 0 Å². The highest BCUT2D eigenvalue weighted by Gasteiger charge is 2.10. The lowest BCUT2D eigenvalue weighted by Crippen LogP contribution is -2.44. The van der Waals surface area contributed by atoms with Crippen molar-refractivity contribution in [2.45, 2.75) is 6.42 Å². The van der Waals surface area contributed by atoms with E-state index in [1.54, 1.807) is 7.11 Å². The summed E-state index contributed by atoms with van der Waals surface area (Å²) in [6, 6.07) is 6.20. The number of methoxy groups -OCH3 is 1. The third-order valence-electron chi connectivity index (χ3n) is 3.15. The molecule has 4 heteroatoms. The van der Waals surface area contributed by atoms with E-state index in [2.05, 4.69) is 32.2 Å². The molecule has 17 heavy (non-hydrogen) atoms. The zero-order chi connectivity index (χ0) is 12.1. The summed E-state index contributed by atoms with van der Waals surface area (Å²) in [5.41, 5.74) is 1.28. The Bertz CT molecular complexity index is 364. The van der Waals surface area contributed by atoms with E-state index in [1.807, 2.05) is 12.1 Å². The molecule has 0 unspecified atom stereocenters. The topological polar surface area (TPSA) is 24.5 Å². The van der Waals surface area contributed by atoms with Crippen molar-refractivity contribution in [2.75, 3.05) is 39.8 Å². The molecule has 1 aromatic rings. The first-order valence-electron chi connectivity index (χ1n) is 6.05. The van der Waals surface area contributed by atoms with Crippen molar-refractivity contribution in [1.82, 2.24) is 10.2 Å². The van der Waals surface area contributed by atoms with Crippen molar-refractivity contribution in [3.63, 3.8) is 0 Å². The first-order valence-corrected chi connectivity index (χ1v) is 6.84. The monoisotopic (exact) mass is 298 g/mol. The van der Waals surface area contributed by atoms with Gasteiger partial charge in [0, 0.05) is 37.2 Å². The molecule has 0 atom stereocenters. The highest BCUT2D eigenvalue weighted by molar-refractivity contribution is 9.10. The van der Waals surface area contributed by atoms with Crippen LogP contribution in [0.15, 0.2) is 22.7 Å². The van der Waals surface area contributed by atoms with E-state index >= 15 is 0 Å². The summed E-state index contributed by atoms with van der Waals surface area (Å²) in [6.07, 6.45) is 1.04. The molecule has 0 radical (unpaired) electrons. The van der Waals surface area contributed by atoms with Crippen LogP contribution < -0.4 is 10.1 Å². The lowest BCUT2D eigenvalue weighted by Gasteiger charge is -2.27. The third-order valence-corrected chi connectivity index (χ3v) is 3.64. The molecule has 1 N–H and O–H groups in total. The van der Waals surface area contributed by atoms with Gasteiger partial charge in [-0.05, 0) is 30.2 Å². The normalized spacial score (nSPS) is 17.1. The number of piperazine rings is 1. The first-order chi connectivity index (χ1) is 8.29. The van der Waals surface area contributed by atoms with Gasteiger partial charge < -0.3 is 15.0 Å². The maximum absolute atomic E-state index is 5.39. The molecule has 0 spiro atoms. The lowest BCUT2D eigenvalue weighted by molar-refractivity contribution is 0.243. The second kappa shape index (κ2) is 6.38. The average molecular weight is 299 g/mol. The molecule has 0 saturated carbocycles. The van der Waals surface area contributed by atoms with Crippen molar-refractivity contribution in [3.05, 3.63) is 28.2 Å². The number of benzene rings is 1.